The van der Waals surface area contributed by atoms with Gasteiger partial charge in [-0.15, -0.1) is 0 Å². The van der Waals surface area contributed by atoms with E-state index in [0.717, 1.165) is 0 Å². The Balaban J connectivity index is 2.79. The lowest BCUT2D eigenvalue weighted by atomic mass is 10.1. The number of hydrogen-bond donors (Lipinski definition) is 1. The lowest BCUT2D eigenvalue weighted by molar-refractivity contribution is -0.136. The highest BCUT2D eigenvalue weighted by atomic mass is 16.7. The van der Waals surface area contributed by atoms with Gasteiger partial charge in [-0.1, -0.05) is 12.1 Å². The fourth-order valence-corrected chi connectivity index (χ4v) is 0.984. The van der Waals surface area contributed by atoms with Gasteiger partial charge >= 0.3 is 5.97 Å². The number of carbonyl (C=O) groups is 2. The quantitative estimate of drug-likeness (QED) is 0.463. The van der Waals surface area contributed by atoms with Gasteiger partial charge in [0, 0.05) is 19.4 Å². The van der Waals surface area contributed by atoms with Gasteiger partial charge in [0.25, 0.3) is 0 Å². The first-order valence-electron chi connectivity index (χ1n) is 4.43. The normalized spacial score (nSPS) is 10.9. The number of rotatable bonds is 3. The van der Waals surface area contributed by atoms with Gasteiger partial charge in [0.1, 0.15) is 6.29 Å². The van der Waals surface area contributed by atoms with Gasteiger partial charge < -0.3 is 9.84 Å². The zero-order valence-electron chi connectivity index (χ0n) is 8.56. The molecule has 0 amide bonds. The van der Waals surface area contributed by atoms with Crippen LogP contribution in [0.15, 0.2) is 24.3 Å². The monoisotopic (exact) mass is 208 g/mol. The van der Waals surface area contributed by atoms with Gasteiger partial charge in [-0.2, -0.15) is 0 Å². The molecule has 0 fully saturated rings. The molecule has 0 bridgehead atoms. The molecule has 15 heavy (non-hydrogen) atoms. The van der Waals surface area contributed by atoms with Gasteiger partial charge in [0.05, 0.1) is 5.56 Å². The fourth-order valence-electron chi connectivity index (χ4n) is 0.984. The molecule has 0 spiro atoms. The van der Waals surface area contributed by atoms with E-state index in [-0.39, 0.29) is 0 Å². The highest BCUT2D eigenvalue weighted by Gasteiger charge is 2.19. The molecule has 0 heterocycles. The van der Waals surface area contributed by atoms with E-state index in [1.807, 2.05) is 0 Å². The van der Waals surface area contributed by atoms with Crippen LogP contribution in [0.2, 0.25) is 0 Å². The number of carbonyl (C=O) groups excluding carboxylic acids is 2. The highest BCUT2D eigenvalue weighted by Crippen LogP contribution is 2.10. The number of benzene rings is 1. The number of aliphatic hydroxyl groups is 1. The summed E-state index contributed by atoms with van der Waals surface area (Å²) in [6.45, 7) is 2.73. The maximum atomic E-state index is 11.4. The molecule has 0 atom stereocenters. The van der Waals surface area contributed by atoms with Crippen molar-refractivity contribution in [1.82, 2.24) is 0 Å². The van der Waals surface area contributed by atoms with Crippen molar-refractivity contribution in [2.24, 2.45) is 0 Å². The third kappa shape index (κ3) is 3.52. The van der Waals surface area contributed by atoms with E-state index < -0.39 is 11.8 Å². The molecule has 0 aliphatic rings. The first-order chi connectivity index (χ1) is 6.92. The van der Waals surface area contributed by atoms with Gasteiger partial charge in [0.15, 0.2) is 0 Å². The van der Waals surface area contributed by atoms with Gasteiger partial charge in [-0.25, -0.2) is 4.79 Å². The molecule has 0 aliphatic heterocycles. The van der Waals surface area contributed by atoms with Crippen LogP contribution in [0.1, 0.15) is 34.6 Å². The van der Waals surface area contributed by atoms with Crippen LogP contribution >= 0.6 is 0 Å². The lowest BCUT2D eigenvalue weighted by Crippen LogP contribution is -2.27. The average Bonchev–Trinajstić information content (AvgIpc) is 2.15. The summed E-state index contributed by atoms with van der Waals surface area (Å²) in [6.07, 6.45) is 0.686. The predicted octanol–water partition coefficient (Wildman–Crippen LogP) is 1.38. The maximum absolute atomic E-state index is 11.4. The molecule has 0 aliphatic carbocycles. The van der Waals surface area contributed by atoms with Crippen molar-refractivity contribution < 1.29 is 19.4 Å². The Morgan fingerprint density at radius 2 is 1.87 bits per heavy atom. The van der Waals surface area contributed by atoms with E-state index in [4.69, 9.17) is 4.74 Å². The van der Waals surface area contributed by atoms with Crippen molar-refractivity contribution in [2.75, 3.05) is 0 Å². The van der Waals surface area contributed by atoms with Crippen molar-refractivity contribution in [1.29, 1.82) is 0 Å². The van der Waals surface area contributed by atoms with Gasteiger partial charge in [-0.05, 0) is 12.1 Å². The zero-order valence-corrected chi connectivity index (χ0v) is 8.56. The molecule has 4 heteroatoms. The Bertz CT molecular complexity index is 359. The minimum atomic E-state index is -1.50. The summed E-state index contributed by atoms with van der Waals surface area (Å²) in [6, 6.07) is 5.96. The molecule has 0 aromatic heterocycles. The highest BCUT2D eigenvalue weighted by molar-refractivity contribution is 5.90. The van der Waals surface area contributed by atoms with Crippen molar-refractivity contribution in [2.45, 2.75) is 19.6 Å². The Hall–Kier alpha value is -1.68. The van der Waals surface area contributed by atoms with E-state index in [2.05, 4.69) is 0 Å². The Morgan fingerprint density at radius 3 is 2.27 bits per heavy atom. The maximum Gasteiger partial charge on any atom is 0.340 e. The second-order valence-corrected chi connectivity index (χ2v) is 3.58. The van der Waals surface area contributed by atoms with E-state index in [0.29, 0.717) is 17.4 Å². The summed E-state index contributed by atoms with van der Waals surface area (Å²) in [5.41, 5.74) is 0.775. The summed E-state index contributed by atoms with van der Waals surface area (Å²) in [4.78, 5) is 21.7. The Labute approximate surface area is 87.5 Å². The first kappa shape index (κ1) is 11.4. The summed E-state index contributed by atoms with van der Waals surface area (Å²) in [7, 11) is 0. The van der Waals surface area contributed by atoms with Gasteiger partial charge in [0.2, 0.25) is 5.79 Å². The number of aldehydes is 1. The molecule has 4 nitrogen and oxygen atoms in total. The second kappa shape index (κ2) is 4.23. The predicted molar refractivity (Wildman–Crippen MR) is 53.5 cm³/mol. The van der Waals surface area contributed by atoms with Crippen LogP contribution in [0.5, 0.6) is 0 Å². The van der Waals surface area contributed by atoms with Crippen LogP contribution in [0.25, 0.3) is 0 Å². The van der Waals surface area contributed by atoms with Crippen molar-refractivity contribution in [3.63, 3.8) is 0 Å². The summed E-state index contributed by atoms with van der Waals surface area (Å²) < 4.78 is 4.73. The number of ether oxygens (including phenoxy) is 1. The molecule has 0 radical (unpaired) electrons. The summed E-state index contributed by atoms with van der Waals surface area (Å²) in [5.74, 6) is -2.12. The first-order valence-corrected chi connectivity index (χ1v) is 4.43. The van der Waals surface area contributed by atoms with Gasteiger partial charge in [-0.3, -0.25) is 4.79 Å². The van der Waals surface area contributed by atoms with E-state index in [9.17, 15) is 14.7 Å². The minimum Gasteiger partial charge on any atom is -0.430 e. The SMILES string of the molecule is CC(C)(O)OC(=O)c1ccc(C=O)cc1. The zero-order chi connectivity index (χ0) is 11.5. The third-order valence-electron chi connectivity index (χ3n) is 1.62. The third-order valence-corrected chi connectivity index (χ3v) is 1.62. The molecule has 0 saturated carbocycles. The van der Waals surface area contributed by atoms with E-state index in [1.165, 1.54) is 38.1 Å². The largest absolute Gasteiger partial charge is 0.430 e. The van der Waals surface area contributed by atoms with Crippen LogP contribution in [-0.2, 0) is 4.74 Å². The van der Waals surface area contributed by atoms with Crippen molar-refractivity contribution in [3.8, 4) is 0 Å². The van der Waals surface area contributed by atoms with Crippen LogP contribution in [0.4, 0.5) is 0 Å². The lowest BCUT2D eigenvalue weighted by Gasteiger charge is -2.17. The molecular weight excluding hydrogens is 196 g/mol. The van der Waals surface area contributed by atoms with Crippen molar-refractivity contribution in [3.05, 3.63) is 35.4 Å². The fraction of sp³-hybridized carbons (Fsp3) is 0.273. The molecule has 80 valence electrons. The van der Waals surface area contributed by atoms with E-state index >= 15 is 0 Å². The molecule has 1 N–H and O–H groups in total. The summed E-state index contributed by atoms with van der Waals surface area (Å²) >= 11 is 0. The molecule has 0 unspecified atom stereocenters. The Kier molecular flexibility index (Phi) is 3.21. The van der Waals surface area contributed by atoms with Crippen molar-refractivity contribution >= 4 is 12.3 Å². The number of esters is 1. The summed E-state index contributed by atoms with van der Waals surface area (Å²) in [5, 5.41) is 9.25. The smallest absolute Gasteiger partial charge is 0.340 e. The van der Waals surface area contributed by atoms with Crippen LogP contribution in [-0.4, -0.2) is 23.1 Å². The Morgan fingerprint density at radius 1 is 1.33 bits per heavy atom. The topological polar surface area (TPSA) is 63.6 Å². The minimum absolute atomic E-state index is 0.294. The number of hydrogen-bond acceptors (Lipinski definition) is 4. The van der Waals surface area contributed by atoms with Crippen LogP contribution < -0.4 is 0 Å². The van der Waals surface area contributed by atoms with Crippen LogP contribution in [0.3, 0.4) is 0 Å². The molecule has 1 aromatic carbocycles. The second-order valence-electron chi connectivity index (χ2n) is 3.58. The van der Waals surface area contributed by atoms with Crippen LogP contribution in [0, 0.1) is 0 Å². The molecule has 1 rings (SSSR count). The standard InChI is InChI=1S/C11H12O4/c1-11(2,14)15-10(13)9-5-3-8(7-12)4-6-9/h3-7,14H,1-2H3. The molecular formula is C11H12O4. The molecule has 1 aromatic rings. The average molecular weight is 208 g/mol. The van der Waals surface area contributed by atoms with E-state index in [1.54, 1.807) is 0 Å². The molecule has 0 saturated heterocycles.